The Morgan fingerprint density at radius 1 is 0.947 bits per heavy atom. The molecule has 100 valence electrons. The van der Waals surface area contributed by atoms with Gasteiger partial charge < -0.3 is 0 Å². The maximum absolute atomic E-state index is 2.38. The van der Waals surface area contributed by atoms with Crippen LogP contribution in [0.3, 0.4) is 0 Å². The zero-order valence-electron chi connectivity index (χ0n) is 10.8. The van der Waals surface area contributed by atoms with E-state index in [-0.39, 0.29) is 50.7 Å². The second-order valence-electron chi connectivity index (χ2n) is 4.59. The van der Waals surface area contributed by atoms with E-state index in [9.17, 15) is 0 Å². The van der Waals surface area contributed by atoms with Crippen LogP contribution in [0.25, 0.3) is 11.1 Å². The summed E-state index contributed by atoms with van der Waals surface area (Å²) >= 11 is 0. The first-order valence-corrected chi connectivity index (χ1v) is 5.87. The van der Waals surface area contributed by atoms with Crippen LogP contribution in [-0.4, -0.2) is 0 Å². The van der Waals surface area contributed by atoms with E-state index in [0.29, 0.717) is 5.92 Å². The zero-order chi connectivity index (χ0) is 11.0. The third kappa shape index (κ3) is 3.87. The molecule has 0 spiro atoms. The van der Waals surface area contributed by atoms with E-state index in [4.69, 9.17) is 0 Å². The minimum Gasteiger partial charge on any atom is -0.188 e. The van der Waals surface area contributed by atoms with Gasteiger partial charge in [0, 0.05) is 25.8 Å². The fourth-order valence-electron chi connectivity index (χ4n) is 2.56. The first kappa shape index (κ1) is 18.8. The van der Waals surface area contributed by atoms with Crippen molar-refractivity contribution in [2.24, 2.45) is 5.92 Å². The number of benzene rings is 2. The number of halogens is 2. The van der Waals surface area contributed by atoms with Gasteiger partial charge in [0.1, 0.15) is 0 Å². The summed E-state index contributed by atoms with van der Waals surface area (Å²) in [5.74, 6) is 0.680. The van der Waals surface area contributed by atoms with E-state index in [1.165, 1.54) is 28.7 Å². The number of fused-ring (bicyclic) bond motifs is 1. The summed E-state index contributed by atoms with van der Waals surface area (Å²) in [5.41, 5.74) is 5.68. The predicted octanol–water partition coefficient (Wildman–Crippen LogP) is 4.94. The Hall–Kier alpha value is -0.240. The van der Waals surface area contributed by atoms with Crippen LogP contribution in [-0.2, 0) is 32.3 Å². The molecule has 0 saturated carbocycles. The van der Waals surface area contributed by atoms with Gasteiger partial charge in [-0.2, -0.15) is 18.1 Å². The summed E-state index contributed by atoms with van der Waals surface area (Å²) in [6.07, 6.45) is 3.56. The van der Waals surface area contributed by atoms with Crippen LogP contribution in [0.15, 0.2) is 48.5 Å². The monoisotopic (exact) mass is 459 g/mol. The van der Waals surface area contributed by atoms with E-state index >= 15 is 0 Å². The summed E-state index contributed by atoms with van der Waals surface area (Å²) in [6.45, 7) is 2.29. The van der Waals surface area contributed by atoms with Gasteiger partial charge >= 0.3 is 0 Å². The minimum absolute atomic E-state index is 0. The molecule has 0 N–H and O–H groups in total. The SMILES string of the molecule is CC1[CH-]c2cccc(-c3ccccc3)c2C1.Cl.Cl.[Hf]. The van der Waals surface area contributed by atoms with Crippen LogP contribution in [0.5, 0.6) is 0 Å². The van der Waals surface area contributed by atoms with Crippen LogP contribution < -0.4 is 0 Å². The Labute approximate surface area is 146 Å². The molecule has 2 aromatic rings. The largest absolute Gasteiger partial charge is 0.188 e. The van der Waals surface area contributed by atoms with Gasteiger partial charge in [0.05, 0.1) is 0 Å². The van der Waals surface area contributed by atoms with Gasteiger partial charge in [0.15, 0.2) is 0 Å². The van der Waals surface area contributed by atoms with Crippen molar-refractivity contribution in [3.63, 3.8) is 0 Å². The van der Waals surface area contributed by atoms with Crippen LogP contribution >= 0.6 is 24.8 Å². The Kier molecular flexibility index (Phi) is 8.03. The fraction of sp³-hybridized carbons (Fsp3) is 0.188. The van der Waals surface area contributed by atoms with E-state index in [0.717, 1.165) is 0 Å². The van der Waals surface area contributed by atoms with Gasteiger partial charge in [-0.15, -0.1) is 36.4 Å². The van der Waals surface area contributed by atoms with Crippen molar-refractivity contribution in [1.82, 2.24) is 0 Å². The fourth-order valence-corrected chi connectivity index (χ4v) is 2.56. The van der Waals surface area contributed by atoms with Gasteiger partial charge in [-0.05, 0) is 5.56 Å². The average Bonchev–Trinajstić information content (AvgIpc) is 2.70. The molecule has 0 bridgehead atoms. The van der Waals surface area contributed by atoms with E-state index in [2.05, 4.69) is 61.9 Å². The van der Waals surface area contributed by atoms with Crippen LogP contribution in [0.4, 0.5) is 0 Å². The second kappa shape index (κ2) is 8.14. The van der Waals surface area contributed by atoms with Crippen molar-refractivity contribution in [2.75, 3.05) is 0 Å². The topological polar surface area (TPSA) is 0 Å². The molecule has 1 unspecified atom stereocenters. The van der Waals surface area contributed by atoms with Crippen molar-refractivity contribution in [3.05, 3.63) is 66.1 Å². The first-order chi connectivity index (χ1) is 7.84. The molecule has 1 aliphatic rings. The van der Waals surface area contributed by atoms with Crippen molar-refractivity contribution in [3.8, 4) is 11.1 Å². The van der Waals surface area contributed by atoms with Gasteiger partial charge in [-0.1, -0.05) is 61.2 Å². The van der Waals surface area contributed by atoms with Crippen LogP contribution in [0.2, 0.25) is 0 Å². The molecular weight excluding hydrogens is 442 g/mol. The summed E-state index contributed by atoms with van der Waals surface area (Å²) in [5, 5.41) is 0. The third-order valence-electron chi connectivity index (χ3n) is 3.29. The Balaban J connectivity index is 0.00000108. The molecule has 0 saturated heterocycles. The molecule has 0 heterocycles. The molecule has 0 aliphatic heterocycles. The van der Waals surface area contributed by atoms with Crippen LogP contribution in [0, 0.1) is 12.3 Å². The number of hydrogen-bond donors (Lipinski definition) is 0. The summed E-state index contributed by atoms with van der Waals surface area (Å²) < 4.78 is 0. The molecule has 0 fully saturated rings. The van der Waals surface area contributed by atoms with Gasteiger partial charge in [-0.3, -0.25) is 0 Å². The molecule has 0 radical (unpaired) electrons. The van der Waals surface area contributed by atoms with Gasteiger partial charge in [0.25, 0.3) is 0 Å². The summed E-state index contributed by atoms with van der Waals surface area (Å²) in [7, 11) is 0. The Morgan fingerprint density at radius 3 is 2.32 bits per heavy atom. The molecule has 3 heteroatoms. The zero-order valence-corrected chi connectivity index (χ0v) is 16.0. The molecule has 1 atom stereocenters. The van der Waals surface area contributed by atoms with E-state index in [1.54, 1.807) is 0 Å². The molecule has 0 nitrogen and oxygen atoms in total. The van der Waals surface area contributed by atoms with Crippen molar-refractivity contribution in [1.29, 1.82) is 0 Å². The molecular formula is C16H17Cl2Hf-. The molecule has 19 heavy (non-hydrogen) atoms. The number of hydrogen-bond acceptors (Lipinski definition) is 0. The molecule has 2 aromatic carbocycles. The standard InChI is InChI=1S/C16H15.2ClH.Hf/c1-12-10-14-8-5-9-15(16(14)11-12)13-6-3-2-4-7-13;;;/h2-10,12H,11H2,1H3;2*1H;/q-1;;;. The van der Waals surface area contributed by atoms with Crippen molar-refractivity contribution < 1.29 is 25.8 Å². The summed E-state index contributed by atoms with van der Waals surface area (Å²) in [4.78, 5) is 0. The van der Waals surface area contributed by atoms with E-state index in [1.807, 2.05) is 0 Å². The molecule has 0 amide bonds. The predicted molar refractivity (Wildman–Crippen MR) is 82.6 cm³/mol. The Bertz CT molecular complexity index is 511. The maximum atomic E-state index is 2.38. The van der Waals surface area contributed by atoms with Gasteiger partial charge in [-0.25, -0.2) is 0 Å². The molecule has 3 rings (SSSR count). The van der Waals surface area contributed by atoms with Crippen molar-refractivity contribution >= 4 is 24.8 Å². The number of rotatable bonds is 1. The van der Waals surface area contributed by atoms with Crippen molar-refractivity contribution in [2.45, 2.75) is 13.3 Å². The normalized spacial score (nSPS) is 15.1. The van der Waals surface area contributed by atoms with E-state index < -0.39 is 0 Å². The Morgan fingerprint density at radius 2 is 1.63 bits per heavy atom. The first-order valence-electron chi connectivity index (χ1n) is 5.87. The maximum Gasteiger partial charge on any atom is 0 e. The third-order valence-corrected chi connectivity index (χ3v) is 3.29. The van der Waals surface area contributed by atoms with Gasteiger partial charge in [0.2, 0.25) is 0 Å². The smallest absolute Gasteiger partial charge is 0 e. The second-order valence-corrected chi connectivity index (χ2v) is 4.59. The van der Waals surface area contributed by atoms with Crippen LogP contribution in [0.1, 0.15) is 18.1 Å². The average molecular weight is 459 g/mol. The summed E-state index contributed by atoms with van der Waals surface area (Å²) in [6, 6.07) is 17.3. The molecule has 1 aliphatic carbocycles. The molecule has 0 aromatic heterocycles. The quantitative estimate of drug-likeness (QED) is 0.419. The minimum atomic E-state index is 0.